The molecule has 3 aromatic carbocycles. The van der Waals surface area contributed by atoms with Crippen LogP contribution in [0.3, 0.4) is 0 Å². The summed E-state index contributed by atoms with van der Waals surface area (Å²) >= 11 is 0. The number of pyridine rings is 2. The first-order valence-electron chi connectivity index (χ1n) is 17.4. The van der Waals surface area contributed by atoms with E-state index in [4.69, 9.17) is 14.2 Å². The largest absolute Gasteiger partial charge is 0.391 e. The number of hydrogen-bond donors (Lipinski definition) is 1. The summed E-state index contributed by atoms with van der Waals surface area (Å²) in [5, 5.41) is 11.2. The second-order valence-electron chi connectivity index (χ2n) is 12.8. The Kier molecular flexibility index (Phi) is 12.0. The number of methoxy groups -OCH3 is 2. The summed E-state index contributed by atoms with van der Waals surface area (Å²) in [7, 11) is 3.04. The van der Waals surface area contributed by atoms with Crippen LogP contribution >= 0.6 is 0 Å². The van der Waals surface area contributed by atoms with Crippen molar-refractivity contribution < 1.29 is 24.1 Å². The van der Waals surface area contributed by atoms with Gasteiger partial charge in [-0.05, 0) is 41.0 Å². The number of aliphatic hydroxyl groups is 1. The van der Waals surface area contributed by atoms with Crippen LogP contribution in [0.5, 0.6) is 0 Å². The van der Waals surface area contributed by atoms with E-state index in [1.165, 1.54) is 14.2 Å². The molecule has 1 saturated heterocycles. The second-order valence-corrected chi connectivity index (χ2v) is 12.8. The summed E-state index contributed by atoms with van der Waals surface area (Å²) in [6.45, 7) is 1.47. The van der Waals surface area contributed by atoms with Crippen LogP contribution in [0, 0.1) is 0 Å². The molecule has 1 fully saturated rings. The monoisotopic (exact) mass is 686 g/mol. The molecule has 2 atom stereocenters. The third-order valence-corrected chi connectivity index (χ3v) is 9.59. The molecular weight excluding hydrogens is 640 g/mol. The molecule has 3 heterocycles. The summed E-state index contributed by atoms with van der Waals surface area (Å²) in [5.74, 6) is -1.94. The van der Waals surface area contributed by atoms with Gasteiger partial charge < -0.3 is 24.2 Å². The number of likely N-dealkylation sites (tertiary alicyclic amines) is 1. The zero-order valence-corrected chi connectivity index (χ0v) is 29.3. The Labute approximate surface area is 300 Å². The first-order chi connectivity index (χ1) is 25.0. The number of carbonyl (C=O) groups is 1. The van der Waals surface area contributed by atoms with Gasteiger partial charge in [0.05, 0.1) is 12.6 Å². The van der Waals surface area contributed by atoms with Crippen molar-refractivity contribution in [3.8, 4) is 0 Å². The summed E-state index contributed by atoms with van der Waals surface area (Å²) in [4.78, 5) is 27.2. The molecule has 0 bridgehead atoms. The van der Waals surface area contributed by atoms with Gasteiger partial charge in [0, 0.05) is 76.9 Å². The Morgan fingerprint density at radius 2 is 1.18 bits per heavy atom. The van der Waals surface area contributed by atoms with Gasteiger partial charge in [-0.1, -0.05) is 103 Å². The van der Waals surface area contributed by atoms with Crippen molar-refractivity contribution in [1.29, 1.82) is 0 Å². The second kappa shape index (κ2) is 17.0. The number of aliphatic hydroxyl groups excluding tert-OH is 1. The molecule has 1 aliphatic heterocycles. The number of aromatic nitrogens is 2. The fraction of sp³-hybridized carbons (Fsp3) is 0.310. The predicted octanol–water partition coefficient (Wildman–Crippen LogP) is 5.48. The van der Waals surface area contributed by atoms with E-state index in [0.29, 0.717) is 25.9 Å². The van der Waals surface area contributed by atoms with Gasteiger partial charge in [0.25, 0.3) is 0 Å². The van der Waals surface area contributed by atoms with Gasteiger partial charge in [-0.25, -0.2) is 0 Å². The topological polar surface area (TPSA) is 97.2 Å². The fourth-order valence-corrected chi connectivity index (χ4v) is 7.03. The molecule has 51 heavy (non-hydrogen) atoms. The Bertz CT molecular complexity index is 1640. The van der Waals surface area contributed by atoms with Gasteiger partial charge in [0.15, 0.2) is 0 Å². The normalized spacial score (nSPS) is 16.4. The Morgan fingerprint density at radius 3 is 1.59 bits per heavy atom. The smallest absolute Gasteiger partial charge is 0.305 e. The van der Waals surface area contributed by atoms with Crippen LogP contribution in [0.2, 0.25) is 0 Å². The quantitative estimate of drug-likeness (QED) is 0.108. The van der Waals surface area contributed by atoms with Crippen LogP contribution in [-0.2, 0) is 37.4 Å². The lowest BCUT2D eigenvalue weighted by atomic mass is 9.80. The van der Waals surface area contributed by atoms with E-state index in [1.807, 2.05) is 127 Å². The van der Waals surface area contributed by atoms with Crippen molar-refractivity contribution in [2.45, 2.75) is 43.0 Å². The first kappa shape index (κ1) is 36.0. The van der Waals surface area contributed by atoms with E-state index in [0.717, 1.165) is 28.1 Å². The van der Waals surface area contributed by atoms with Gasteiger partial charge in [-0.2, -0.15) is 0 Å². The number of amides is 1. The molecule has 0 saturated carbocycles. The zero-order chi connectivity index (χ0) is 35.5. The summed E-state index contributed by atoms with van der Waals surface area (Å²) in [5.41, 5.74) is 3.25. The van der Waals surface area contributed by atoms with Crippen molar-refractivity contribution in [2.75, 3.05) is 40.4 Å². The van der Waals surface area contributed by atoms with Crippen molar-refractivity contribution >= 4 is 5.91 Å². The van der Waals surface area contributed by atoms with Gasteiger partial charge in [-0.3, -0.25) is 19.7 Å². The molecule has 0 aliphatic carbocycles. The van der Waals surface area contributed by atoms with Crippen molar-refractivity contribution in [1.82, 2.24) is 19.8 Å². The molecule has 5 aromatic rings. The minimum absolute atomic E-state index is 0.116. The van der Waals surface area contributed by atoms with Gasteiger partial charge >= 0.3 is 5.97 Å². The molecule has 0 spiro atoms. The molecule has 1 aliphatic rings. The van der Waals surface area contributed by atoms with Crippen molar-refractivity contribution in [3.63, 3.8) is 0 Å². The van der Waals surface area contributed by atoms with Crippen LogP contribution in [0.1, 0.15) is 34.5 Å². The minimum Gasteiger partial charge on any atom is -0.391 e. The molecule has 6 rings (SSSR count). The van der Waals surface area contributed by atoms with E-state index in [-0.39, 0.29) is 25.4 Å². The van der Waals surface area contributed by atoms with E-state index < -0.39 is 23.7 Å². The number of hydrogen-bond acceptors (Lipinski definition) is 8. The molecule has 1 N–H and O–H groups in total. The average Bonchev–Trinajstić information content (AvgIpc) is 3.60. The lowest BCUT2D eigenvalue weighted by Crippen LogP contribution is -2.60. The highest BCUT2D eigenvalue weighted by Gasteiger charge is 2.56. The molecule has 9 nitrogen and oxygen atoms in total. The van der Waals surface area contributed by atoms with Crippen LogP contribution < -0.4 is 0 Å². The summed E-state index contributed by atoms with van der Waals surface area (Å²) in [6, 6.07) is 40.8. The van der Waals surface area contributed by atoms with Gasteiger partial charge in [-0.15, -0.1) is 0 Å². The number of rotatable bonds is 16. The number of β-amino-alcohol motifs (C(OH)–C–C–N with tert-alkyl or cyclic N) is 1. The van der Waals surface area contributed by atoms with Crippen LogP contribution in [0.25, 0.3) is 0 Å². The minimum atomic E-state index is -1.78. The van der Waals surface area contributed by atoms with E-state index in [2.05, 4.69) is 14.9 Å². The molecular formula is C42H46N4O5. The highest BCUT2D eigenvalue weighted by atomic mass is 16.9. The van der Waals surface area contributed by atoms with Crippen LogP contribution in [0.4, 0.5) is 0 Å². The molecule has 1 amide bonds. The maximum Gasteiger partial charge on any atom is 0.305 e. The zero-order valence-electron chi connectivity index (χ0n) is 29.3. The third kappa shape index (κ3) is 8.25. The van der Waals surface area contributed by atoms with Crippen LogP contribution in [-0.4, -0.2) is 89.3 Å². The standard InChI is InChI=1S/C42H46N4O5/c1-49-42(50-2,51-41(33-16-6-3-7-17-33,34-18-8-4-9-19-34)35-20-10-5-11-21-35)39-30-38(47)31-46(39)40(48)32-45(28-24-36-22-12-14-26-43-36)29-25-37-23-13-15-27-44-37/h3-23,26-27,38-39,47H,24-25,28-32H2,1-2H3. The number of benzene rings is 3. The van der Waals surface area contributed by atoms with Gasteiger partial charge in [0.1, 0.15) is 11.6 Å². The Balaban J connectivity index is 1.34. The average molecular weight is 687 g/mol. The van der Waals surface area contributed by atoms with Crippen molar-refractivity contribution in [3.05, 3.63) is 168 Å². The van der Waals surface area contributed by atoms with E-state index in [1.54, 1.807) is 17.3 Å². The number of nitrogens with zero attached hydrogens (tertiary/aromatic N) is 4. The van der Waals surface area contributed by atoms with E-state index >= 15 is 0 Å². The predicted molar refractivity (Wildman–Crippen MR) is 195 cm³/mol. The summed E-state index contributed by atoms with van der Waals surface area (Å²) in [6.07, 6.45) is 4.32. The number of carbonyl (C=O) groups excluding carboxylic acids is 1. The van der Waals surface area contributed by atoms with E-state index in [9.17, 15) is 9.90 Å². The fourth-order valence-electron chi connectivity index (χ4n) is 7.03. The van der Waals surface area contributed by atoms with Crippen molar-refractivity contribution in [2.24, 2.45) is 0 Å². The highest BCUT2D eigenvalue weighted by Crippen LogP contribution is 2.46. The third-order valence-electron chi connectivity index (χ3n) is 9.59. The SMILES string of the molecule is COC(OC)(OC(c1ccccc1)(c1ccccc1)c1ccccc1)C1CC(O)CN1C(=O)CN(CCc1ccccn1)CCc1ccccn1. The molecule has 0 radical (unpaired) electrons. The van der Waals surface area contributed by atoms with Crippen LogP contribution in [0.15, 0.2) is 140 Å². The summed E-state index contributed by atoms with van der Waals surface area (Å²) < 4.78 is 19.8. The maximum absolute atomic E-state index is 14.5. The molecule has 264 valence electrons. The lowest BCUT2D eigenvalue weighted by Gasteiger charge is -2.47. The van der Waals surface area contributed by atoms with Gasteiger partial charge in [0.2, 0.25) is 5.91 Å². The molecule has 2 aromatic heterocycles. The Morgan fingerprint density at radius 1 is 0.725 bits per heavy atom. The highest BCUT2D eigenvalue weighted by molar-refractivity contribution is 5.79. The molecule has 2 unspecified atom stereocenters. The first-order valence-corrected chi connectivity index (χ1v) is 17.4. The lowest BCUT2D eigenvalue weighted by molar-refractivity contribution is -0.405. The number of ether oxygens (including phenoxy) is 3. The molecule has 9 heteroatoms. The Hall–Kier alpha value is -4.77. The maximum atomic E-state index is 14.5.